The molecule has 0 aliphatic carbocycles. The summed E-state index contributed by atoms with van der Waals surface area (Å²) in [4.78, 5) is 4.65. The second-order valence-electron chi connectivity index (χ2n) is 4.55. The summed E-state index contributed by atoms with van der Waals surface area (Å²) in [5.74, 6) is 1.13. The summed E-state index contributed by atoms with van der Waals surface area (Å²) in [7, 11) is 2.08. The Kier molecular flexibility index (Phi) is 2.97. The molecule has 0 amide bonds. The van der Waals surface area contributed by atoms with Gasteiger partial charge < -0.3 is 10.3 Å². The Bertz CT molecular complexity index is 497. The second-order valence-corrected chi connectivity index (χ2v) is 4.55. The highest BCUT2D eigenvalue weighted by molar-refractivity contribution is 5.79. The van der Waals surface area contributed by atoms with E-state index < -0.39 is 0 Å². The van der Waals surface area contributed by atoms with Gasteiger partial charge in [0.15, 0.2) is 0 Å². The Hall–Kier alpha value is -1.35. The van der Waals surface area contributed by atoms with Crippen molar-refractivity contribution in [3.63, 3.8) is 0 Å². The minimum absolute atomic E-state index is 0.237. The molecule has 0 fully saturated rings. The lowest BCUT2D eigenvalue weighted by Crippen LogP contribution is -2.16. The molecule has 1 aromatic carbocycles. The molecule has 1 aromatic heterocycles. The van der Waals surface area contributed by atoms with E-state index in [1.807, 2.05) is 6.92 Å². The average Bonchev–Trinajstić information content (AvgIpc) is 2.54. The molecule has 86 valence electrons. The van der Waals surface area contributed by atoms with Crippen LogP contribution in [0.3, 0.4) is 0 Å². The Morgan fingerprint density at radius 3 is 2.81 bits per heavy atom. The van der Waals surface area contributed by atoms with Crippen LogP contribution in [0.2, 0.25) is 0 Å². The number of hydrogen-bond donors (Lipinski definition) is 1. The number of hydrogen-bond acceptors (Lipinski definition) is 2. The van der Waals surface area contributed by atoms with Crippen LogP contribution in [0.5, 0.6) is 0 Å². The van der Waals surface area contributed by atoms with Crippen molar-refractivity contribution in [3.8, 4) is 0 Å². The lowest BCUT2D eigenvalue weighted by molar-refractivity contribution is 0.636. The van der Waals surface area contributed by atoms with E-state index in [9.17, 15) is 0 Å². The van der Waals surface area contributed by atoms with E-state index in [0.29, 0.717) is 0 Å². The van der Waals surface area contributed by atoms with E-state index in [0.717, 1.165) is 24.2 Å². The van der Waals surface area contributed by atoms with Gasteiger partial charge in [-0.1, -0.05) is 12.1 Å². The normalized spacial score (nSPS) is 13.2. The van der Waals surface area contributed by atoms with Gasteiger partial charge in [0.2, 0.25) is 0 Å². The molecule has 1 heterocycles. The van der Waals surface area contributed by atoms with Gasteiger partial charge in [-0.3, -0.25) is 0 Å². The standard InChI is InChI=1S/C13H19N3/c1-9-5-4-6-11-13(9)16(3)12(15-11)8-7-10(2)14/h4-6,10H,7-8,14H2,1-3H3. The van der Waals surface area contributed by atoms with Crippen molar-refractivity contribution in [2.75, 3.05) is 0 Å². The molecule has 1 atom stereocenters. The zero-order valence-corrected chi connectivity index (χ0v) is 10.2. The molecule has 3 heteroatoms. The predicted octanol–water partition coefficient (Wildman–Crippen LogP) is 2.16. The fourth-order valence-electron chi connectivity index (χ4n) is 2.09. The summed E-state index contributed by atoms with van der Waals surface area (Å²) in [5.41, 5.74) is 9.38. The summed E-state index contributed by atoms with van der Waals surface area (Å²) in [6.45, 7) is 4.16. The van der Waals surface area contributed by atoms with Crippen LogP contribution >= 0.6 is 0 Å². The number of fused-ring (bicyclic) bond motifs is 1. The van der Waals surface area contributed by atoms with E-state index in [1.165, 1.54) is 11.1 Å². The first-order chi connectivity index (χ1) is 7.59. The second kappa shape index (κ2) is 4.26. The molecule has 16 heavy (non-hydrogen) atoms. The Morgan fingerprint density at radius 1 is 1.44 bits per heavy atom. The van der Waals surface area contributed by atoms with Crippen molar-refractivity contribution in [2.45, 2.75) is 32.7 Å². The highest BCUT2D eigenvalue weighted by Gasteiger charge is 2.09. The van der Waals surface area contributed by atoms with Crippen molar-refractivity contribution in [3.05, 3.63) is 29.6 Å². The molecule has 3 nitrogen and oxygen atoms in total. The third-order valence-electron chi connectivity index (χ3n) is 3.01. The number of imidazole rings is 1. The van der Waals surface area contributed by atoms with Crippen LogP contribution in [0.4, 0.5) is 0 Å². The molecule has 2 aromatic rings. The van der Waals surface area contributed by atoms with E-state index in [4.69, 9.17) is 5.73 Å². The fraction of sp³-hybridized carbons (Fsp3) is 0.462. The van der Waals surface area contributed by atoms with E-state index in [-0.39, 0.29) is 6.04 Å². The summed E-state index contributed by atoms with van der Waals surface area (Å²) in [5, 5.41) is 0. The highest BCUT2D eigenvalue weighted by Crippen LogP contribution is 2.19. The largest absolute Gasteiger partial charge is 0.331 e. The van der Waals surface area contributed by atoms with Gasteiger partial charge in [-0.2, -0.15) is 0 Å². The summed E-state index contributed by atoms with van der Waals surface area (Å²) in [6, 6.07) is 6.48. The first kappa shape index (κ1) is 11.1. The Morgan fingerprint density at radius 2 is 2.19 bits per heavy atom. The lowest BCUT2D eigenvalue weighted by atomic mass is 10.2. The number of benzene rings is 1. The smallest absolute Gasteiger partial charge is 0.109 e. The summed E-state index contributed by atoms with van der Waals surface area (Å²) < 4.78 is 2.19. The first-order valence-corrected chi connectivity index (χ1v) is 5.76. The van der Waals surface area contributed by atoms with Crippen molar-refractivity contribution in [2.24, 2.45) is 12.8 Å². The SMILES string of the molecule is Cc1cccc2nc(CCC(C)N)n(C)c12. The molecule has 2 N–H and O–H groups in total. The van der Waals surface area contributed by atoms with Crippen molar-refractivity contribution < 1.29 is 0 Å². The number of aromatic nitrogens is 2. The van der Waals surface area contributed by atoms with Gasteiger partial charge in [0.1, 0.15) is 5.82 Å². The molecule has 0 saturated heterocycles. The maximum atomic E-state index is 5.78. The molecular formula is C13H19N3. The van der Waals surface area contributed by atoms with Gasteiger partial charge >= 0.3 is 0 Å². The third-order valence-corrected chi connectivity index (χ3v) is 3.01. The van der Waals surface area contributed by atoms with Gasteiger partial charge in [0.05, 0.1) is 11.0 Å². The summed E-state index contributed by atoms with van der Waals surface area (Å²) in [6.07, 6.45) is 1.93. The van der Waals surface area contributed by atoms with E-state index >= 15 is 0 Å². The van der Waals surface area contributed by atoms with Gasteiger partial charge in [-0.05, 0) is 31.9 Å². The van der Waals surface area contributed by atoms with Crippen LogP contribution < -0.4 is 5.73 Å². The van der Waals surface area contributed by atoms with Crippen LogP contribution in [0, 0.1) is 6.92 Å². The number of aryl methyl sites for hydroxylation is 3. The van der Waals surface area contributed by atoms with Crippen LogP contribution in [0.15, 0.2) is 18.2 Å². The average molecular weight is 217 g/mol. The van der Waals surface area contributed by atoms with E-state index in [1.54, 1.807) is 0 Å². The first-order valence-electron chi connectivity index (χ1n) is 5.76. The van der Waals surface area contributed by atoms with Gasteiger partial charge in [-0.15, -0.1) is 0 Å². The number of nitrogens with zero attached hydrogens (tertiary/aromatic N) is 2. The topological polar surface area (TPSA) is 43.8 Å². The molecule has 0 aliphatic rings. The monoisotopic (exact) mass is 217 g/mol. The zero-order chi connectivity index (χ0) is 11.7. The van der Waals surface area contributed by atoms with Gasteiger partial charge in [0.25, 0.3) is 0 Å². The van der Waals surface area contributed by atoms with Crippen molar-refractivity contribution in [1.82, 2.24) is 9.55 Å². The Balaban J connectivity index is 2.40. The molecule has 0 bridgehead atoms. The molecule has 1 unspecified atom stereocenters. The number of para-hydroxylation sites is 1. The zero-order valence-electron chi connectivity index (χ0n) is 10.2. The van der Waals surface area contributed by atoms with Crippen molar-refractivity contribution in [1.29, 1.82) is 0 Å². The molecule has 2 rings (SSSR count). The molecule has 0 spiro atoms. The van der Waals surface area contributed by atoms with Gasteiger partial charge in [0, 0.05) is 19.5 Å². The third kappa shape index (κ3) is 1.95. The van der Waals surface area contributed by atoms with E-state index in [2.05, 4.69) is 41.7 Å². The predicted molar refractivity (Wildman–Crippen MR) is 67.4 cm³/mol. The molecule has 0 saturated carbocycles. The summed E-state index contributed by atoms with van der Waals surface area (Å²) >= 11 is 0. The van der Waals surface area contributed by atoms with Crippen LogP contribution in [-0.2, 0) is 13.5 Å². The lowest BCUT2D eigenvalue weighted by Gasteiger charge is -2.05. The maximum absolute atomic E-state index is 5.78. The minimum Gasteiger partial charge on any atom is -0.331 e. The van der Waals surface area contributed by atoms with Crippen molar-refractivity contribution >= 4 is 11.0 Å². The van der Waals surface area contributed by atoms with Crippen LogP contribution in [-0.4, -0.2) is 15.6 Å². The quantitative estimate of drug-likeness (QED) is 0.856. The van der Waals surface area contributed by atoms with Crippen LogP contribution in [0.25, 0.3) is 11.0 Å². The van der Waals surface area contributed by atoms with Gasteiger partial charge in [-0.25, -0.2) is 4.98 Å². The molecule has 0 aliphatic heterocycles. The highest BCUT2D eigenvalue weighted by atomic mass is 15.1. The number of nitrogens with two attached hydrogens (primary N) is 1. The molecular weight excluding hydrogens is 198 g/mol. The Labute approximate surface area is 96.3 Å². The van der Waals surface area contributed by atoms with Crippen LogP contribution in [0.1, 0.15) is 24.7 Å². The maximum Gasteiger partial charge on any atom is 0.109 e. The molecule has 0 radical (unpaired) electrons. The number of rotatable bonds is 3. The fourth-order valence-corrected chi connectivity index (χ4v) is 2.09. The minimum atomic E-state index is 0.237.